The molecule has 0 aliphatic heterocycles. The molecule has 1 amide bonds. The van der Waals surface area contributed by atoms with E-state index in [9.17, 15) is 9.59 Å². The summed E-state index contributed by atoms with van der Waals surface area (Å²) in [5.41, 5.74) is 3.05. The van der Waals surface area contributed by atoms with Crippen molar-refractivity contribution in [2.45, 2.75) is 6.29 Å². The normalized spacial score (nSPS) is 11.1. The van der Waals surface area contributed by atoms with Crippen LogP contribution in [-0.2, 0) is 4.79 Å². The molecule has 206 valence electrons. The maximum atomic E-state index is 12.9. The van der Waals surface area contributed by atoms with Crippen molar-refractivity contribution in [3.63, 3.8) is 0 Å². The molecular formula is C30H19Cl3N2O5S. The molecule has 11 heteroatoms. The van der Waals surface area contributed by atoms with Crippen LogP contribution < -0.4 is 19.6 Å². The van der Waals surface area contributed by atoms with Gasteiger partial charge in [-0.15, -0.1) is 11.3 Å². The van der Waals surface area contributed by atoms with Crippen LogP contribution in [0.2, 0.25) is 15.1 Å². The van der Waals surface area contributed by atoms with Crippen molar-refractivity contribution in [3.8, 4) is 17.2 Å². The first-order valence-corrected chi connectivity index (χ1v) is 14.0. The number of amides is 1. The number of nitrogens with one attached hydrogen (secondary N) is 1. The topological polar surface area (TPSA) is 86.2 Å². The average molecular weight is 626 g/mol. The van der Waals surface area contributed by atoms with E-state index in [-0.39, 0.29) is 0 Å². The van der Waals surface area contributed by atoms with Gasteiger partial charge in [-0.05, 0) is 84.4 Å². The summed E-state index contributed by atoms with van der Waals surface area (Å²) < 4.78 is 17.8. The van der Waals surface area contributed by atoms with E-state index in [2.05, 4.69) is 10.5 Å². The summed E-state index contributed by atoms with van der Waals surface area (Å²) in [7, 11) is 0. The van der Waals surface area contributed by atoms with Gasteiger partial charge in [0.15, 0.2) is 0 Å². The Kier molecular flexibility index (Phi) is 9.06. The van der Waals surface area contributed by atoms with E-state index < -0.39 is 18.2 Å². The summed E-state index contributed by atoms with van der Waals surface area (Å²) in [5, 5.41) is 6.21. The SMILES string of the molecule is O=C(Oc1ccc(/C=N\NC(=O)C(Oc2ccc(Cl)cc2)Oc2ccc(Cl)cc2)cc1)c1sc2ccccc2c1Cl. The van der Waals surface area contributed by atoms with Crippen molar-refractivity contribution in [2.75, 3.05) is 0 Å². The fourth-order valence-corrected chi connectivity index (χ4v) is 5.19. The predicted octanol–water partition coefficient (Wildman–Crippen LogP) is 8.01. The molecule has 7 nitrogen and oxygen atoms in total. The summed E-state index contributed by atoms with van der Waals surface area (Å²) in [4.78, 5) is 25.9. The zero-order valence-corrected chi connectivity index (χ0v) is 24.0. The van der Waals surface area contributed by atoms with Crippen LogP contribution in [0.3, 0.4) is 0 Å². The molecule has 1 heterocycles. The van der Waals surface area contributed by atoms with Gasteiger partial charge >= 0.3 is 18.2 Å². The quantitative estimate of drug-likeness (QED) is 0.0590. The molecule has 0 unspecified atom stereocenters. The van der Waals surface area contributed by atoms with E-state index in [0.29, 0.717) is 42.8 Å². The molecule has 0 bridgehead atoms. The van der Waals surface area contributed by atoms with Crippen molar-refractivity contribution in [1.29, 1.82) is 0 Å². The summed E-state index contributed by atoms with van der Waals surface area (Å²) in [6.45, 7) is 0. The number of nitrogens with zero attached hydrogens (tertiary/aromatic N) is 1. The number of hydrogen-bond acceptors (Lipinski definition) is 7. The van der Waals surface area contributed by atoms with Crippen LogP contribution in [0.1, 0.15) is 15.2 Å². The third-order valence-electron chi connectivity index (χ3n) is 5.53. The zero-order chi connectivity index (χ0) is 28.8. The molecule has 0 spiro atoms. The summed E-state index contributed by atoms with van der Waals surface area (Å²) >= 11 is 19.5. The van der Waals surface area contributed by atoms with E-state index in [1.807, 2.05) is 24.3 Å². The second kappa shape index (κ2) is 13.1. The number of esters is 1. The minimum Gasteiger partial charge on any atom is -0.446 e. The molecule has 4 aromatic carbocycles. The molecule has 0 aliphatic rings. The zero-order valence-electron chi connectivity index (χ0n) is 20.9. The Bertz CT molecular complexity index is 1660. The lowest BCUT2D eigenvalue weighted by molar-refractivity contribution is -0.140. The molecule has 5 aromatic rings. The van der Waals surface area contributed by atoms with Gasteiger partial charge in [0.2, 0.25) is 0 Å². The van der Waals surface area contributed by atoms with E-state index >= 15 is 0 Å². The molecule has 1 N–H and O–H groups in total. The van der Waals surface area contributed by atoms with E-state index in [1.54, 1.807) is 72.8 Å². The number of halogens is 3. The number of carbonyl (C=O) groups is 2. The van der Waals surface area contributed by atoms with Crippen LogP contribution in [0.25, 0.3) is 10.1 Å². The molecule has 0 radical (unpaired) electrons. The second-order valence-corrected chi connectivity index (χ2v) is 10.7. The van der Waals surface area contributed by atoms with Crippen LogP contribution in [0.4, 0.5) is 0 Å². The van der Waals surface area contributed by atoms with Gasteiger partial charge < -0.3 is 14.2 Å². The average Bonchev–Trinajstić information content (AvgIpc) is 3.32. The van der Waals surface area contributed by atoms with Crippen LogP contribution in [0.15, 0.2) is 102 Å². The molecule has 0 fully saturated rings. The molecule has 41 heavy (non-hydrogen) atoms. The minimum atomic E-state index is -1.36. The molecule has 0 saturated heterocycles. The van der Waals surface area contributed by atoms with Crippen molar-refractivity contribution in [3.05, 3.63) is 123 Å². The number of rotatable bonds is 9. The highest BCUT2D eigenvalue weighted by molar-refractivity contribution is 7.21. The monoisotopic (exact) mass is 624 g/mol. The maximum Gasteiger partial charge on any atom is 0.355 e. The van der Waals surface area contributed by atoms with Crippen molar-refractivity contribution >= 4 is 74.3 Å². The highest BCUT2D eigenvalue weighted by atomic mass is 35.5. The lowest BCUT2D eigenvalue weighted by atomic mass is 10.2. The fourth-order valence-electron chi connectivity index (χ4n) is 3.55. The number of fused-ring (bicyclic) bond motifs is 1. The van der Waals surface area contributed by atoms with E-state index in [4.69, 9.17) is 49.0 Å². The summed E-state index contributed by atoms with van der Waals surface area (Å²) in [6, 6.07) is 27.0. The van der Waals surface area contributed by atoms with E-state index in [0.717, 1.165) is 10.1 Å². The van der Waals surface area contributed by atoms with Crippen LogP contribution in [0.5, 0.6) is 17.2 Å². The van der Waals surface area contributed by atoms with Crippen LogP contribution >= 0.6 is 46.1 Å². The first-order valence-electron chi connectivity index (χ1n) is 12.0. The van der Waals surface area contributed by atoms with E-state index in [1.165, 1.54) is 17.6 Å². The Morgan fingerprint density at radius 3 is 1.90 bits per heavy atom. The smallest absolute Gasteiger partial charge is 0.355 e. The third kappa shape index (κ3) is 7.36. The standard InChI is InChI=1S/C30H19Cl3N2O5S/c31-19-7-13-22(14-8-19)39-30(40-23-15-9-20(32)10-16-23)28(36)35-34-17-18-5-11-21(12-6-18)38-29(37)27-26(33)24-3-1-2-4-25(24)41-27/h1-17,30H,(H,35,36)/b34-17-. The third-order valence-corrected chi connectivity index (χ3v) is 7.69. The highest BCUT2D eigenvalue weighted by Crippen LogP contribution is 2.35. The molecule has 5 rings (SSSR count). The van der Waals surface area contributed by atoms with Gasteiger partial charge in [-0.1, -0.05) is 53.0 Å². The van der Waals surface area contributed by atoms with Gasteiger partial charge in [-0.3, -0.25) is 4.79 Å². The number of hydrogen-bond donors (Lipinski definition) is 1. The Hall–Kier alpha value is -4.08. The Morgan fingerprint density at radius 2 is 1.32 bits per heavy atom. The molecule has 0 aliphatic carbocycles. The number of ether oxygens (including phenoxy) is 3. The number of carbonyl (C=O) groups excluding carboxylic acids is 2. The Morgan fingerprint density at radius 1 is 0.756 bits per heavy atom. The summed E-state index contributed by atoms with van der Waals surface area (Å²) in [5.74, 6) is -0.129. The number of benzene rings is 4. The van der Waals surface area contributed by atoms with Gasteiger partial charge in [-0.25, -0.2) is 10.2 Å². The lowest BCUT2D eigenvalue weighted by Crippen LogP contribution is -2.40. The second-order valence-electron chi connectivity index (χ2n) is 8.41. The van der Waals surface area contributed by atoms with Gasteiger partial charge in [0.1, 0.15) is 22.1 Å². The van der Waals surface area contributed by atoms with Crippen molar-refractivity contribution < 1.29 is 23.8 Å². The summed E-state index contributed by atoms with van der Waals surface area (Å²) in [6.07, 6.45) is 0.0607. The fraction of sp³-hybridized carbons (Fsp3) is 0.0333. The van der Waals surface area contributed by atoms with Crippen molar-refractivity contribution in [1.82, 2.24) is 5.43 Å². The van der Waals surface area contributed by atoms with Gasteiger partial charge in [0.05, 0.1) is 11.2 Å². The van der Waals surface area contributed by atoms with Crippen LogP contribution in [-0.4, -0.2) is 24.4 Å². The van der Waals surface area contributed by atoms with Gasteiger partial charge in [0.25, 0.3) is 0 Å². The Labute approximate surface area is 253 Å². The maximum absolute atomic E-state index is 12.9. The first kappa shape index (κ1) is 28.4. The minimum absolute atomic E-state index is 0.331. The highest BCUT2D eigenvalue weighted by Gasteiger charge is 2.23. The molecule has 0 atom stereocenters. The largest absolute Gasteiger partial charge is 0.446 e. The number of hydrazone groups is 1. The number of thiophene rings is 1. The molecule has 1 aromatic heterocycles. The van der Waals surface area contributed by atoms with Crippen LogP contribution in [0, 0.1) is 0 Å². The predicted molar refractivity (Wildman–Crippen MR) is 162 cm³/mol. The van der Waals surface area contributed by atoms with Crippen molar-refractivity contribution in [2.24, 2.45) is 5.10 Å². The lowest BCUT2D eigenvalue weighted by Gasteiger charge is -2.19. The van der Waals surface area contributed by atoms with Gasteiger partial charge in [-0.2, -0.15) is 5.10 Å². The molecular weight excluding hydrogens is 607 g/mol. The molecule has 0 saturated carbocycles. The first-order chi connectivity index (χ1) is 19.9. The van der Waals surface area contributed by atoms with Gasteiger partial charge in [0, 0.05) is 20.1 Å². The Balaban J connectivity index is 1.21.